The number of halogens is 2. The van der Waals surface area contributed by atoms with Gasteiger partial charge < -0.3 is 9.72 Å². The van der Waals surface area contributed by atoms with Crippen LogP contribution in [0.4, 0.5) is 0 Å². The first-order valence-corrected chi connectivity index (χ1v) is 12.0. The van der Waals surface area contributed by atoms with E-state index in [1.165, 1.54) is 6.21 Å². The molecule has 0 atom stereocenters. The van der Waals surface area contributed by atoms with Crippen LogP contribution >= 0.6 is 23.2 Å². The van der Waals surface area contributed by atoms with Gasteiger partial charge in [0.05, 0.1) is 22.3 Å². The van der Waals surface area contributed by atoms with Crippen molar-refractivity contribution in [3.05, 3.63) is 124 Å². The van der Waals surface area contributed by atoms with E-state index >= 15 is 0 Å². The van der Waals surface area contributed by atoms with E-state index in [1.54, 1.807) is 60.7 Å². The lowest BCUT2D eigenvalue weighted by atomic mass is 10.0. The first-order valence-electron chi connectivity index (χ1n) is 11.3. The van der Waals surface area contributed by atoms with Gasteiger partial charge >= 0.3 is 5.97 Å². The third-order valence-electron chi connectivity index (χ3n) is 5.65. The molecule has 2 N–H and O–H groups in total. The van der Waals surface area contributed by atoms with E-state index < -0.39 is 11.9 Å². The molecule has 0 radical (unpaired) electrons. The largest absolute Gasteiger partial charge is 0.422 e. The van der Waals surface area contributed by atoms with Crippen LogP contribution in [0.15, 0.2) is 102 Å². The van der Waals surface area contributed by atoms with Gasteiger partial charge in [0.15, 0.2) is 0 Å². The Labute approximate surface area is 222 Å². The van der Waals surface area contributed by atoms with E-state index in [4.69, 9.17) is 27.9 Å². The van der Waals surface area contributed by atoms with E-state index in [-0.39, 0.29) is 5.69 Å². The first-order chi connectivity index (χ1) is 18.0. The number of fused-ring (bicyclic) bond motifs is 1. The molecular weight excluding hydrogens is 509 g/mol. The van der Waals surface area contributed by atoms with Crippen molar-refractivity contribution in [3.8, 4) is 16.9 Å². The molecule has 8 heteroatoms. The molecule has 1 aromatic heterocycles. The Morgan fingerprint density at radius 1 is 0.811 bits per heavy atom. The minimum absolute atomic E-state index is 0.261. The van der Waals surface area contributed by atoms with Gasteiger partial charge in [-0.2, -0.15) is 5.10 Å². The number of hydrazone groups is 1. The predicted molar refractivity (Wildman–Crippen MR) is 147 cm³/mol. The zero-order valence-electron chi connectivity index (χ0n) is 19.2. The van der Waals surface area contributed by atoms with Gasteiger partial charge in [-0.05, 0) is 36.4 Å². The number of hydrogen-bond donors (Lipinski definition) is 2. The van der Waals surface area contributed by atoms with Gasteiger partial charge in [-0.3, -0.25) is 4.79 Å². The number of carbonyl (C=O) groups is 2. The maximum atomic E-state index is 13.2. The highest BCUT2D eigenvalue weighted by Gasteiger charge is 2.21. The highest BCUT2D eigenvalue weighted by Crippen LogP contribution is 2.38. The van der Waals surface area contributed by atoms with Gasteiger partial charge in [0, 0.05) is 27.1 Å². The van der Waals surface area contributed by atoms with Crippen molar-refractivity contribution in [2.45, 2.75) is 0 Å². The van der Waals surface area contributed by atoms with Gasteiger partial charge in [0.1, 0.15) is 11.4 Å². The number of carbonyl (C=O) groups excluding carboxylic acids is 2. The van der Waals surface area contributed by atoms with Gasteiger partial charge in [-0.25, -0.2) is 10.2 Å². The Morgan fingerprint density at radius 3 is 2.32 bits per heavy atom. The fourth-order valence-electron chi connectivity index (χ4n) is 3.93. The van der Waals surface area contributed by atoms with Crippen molar-refractivity contribution in [2.24, 2.45) is 5.10 Å². The summed E-state index contributed by atoms with van der Waals surface area (Å²) in [5, 5.41) is 5.83. The smallest absolute Gasteiger partial charge is 0.343 e. The predicted octanol–water partition coefficient (Wildman–Crippen LogP) is 7.12. The van der Waals surface area contributed by atoms with Gasteiger partial charge in [0.25, 0.3) is 5.91 Å². The van der Waals surface area contributed by atoms with Crippen LogP contribution in [0.5, 0.6) is 5.75 Å². The number of benzene rings is 4. The molecule has 0 bridgehead atoms. The van der Waals surface area contributed by atoms with Gasteiger partial charge in [0.2, 0.25) is 0 Å². The van der Waals surface area contributed by atoms with Crippen molar-refractivity contribution < 1.29 is 14.3 Å². The summed E-state index contributed by atoms with van der Waals surface area (Å²) in [7, 11) is 0. The zero-order chi connectivity index (χ0) is 25.8. The molecular formula is C29H19Cl2N3O3. The van der Waals surface area contributed by atoms with Gasteiger partial charge in [-0.1, -0.05) is 83.9 Å². The molecule has 0 saturated heterocycles. The van der Waals surface area contributed by atoms with Crippen LogP contribution in [0.2, 0.25) is 10.0 Å². The minimum Gasteiger partial charge on any atom is -0.422 e. The molecule has 5 rings (SSSR count). The Bertz CT molecular complexity index is 1650. The van der Waals surface area contributed by atoms with Crippen LogP contribution < -0.4 is 10.2 Å². The molecule has 0 fully saturated rings. The van der Waals surface area contributed by atoms with E-state index in [0.717, 1.165) is 5.39 Å². The van der Waals surface area contributed by atoms with Crippen molar-refractivity contribution >= 4 is 52.2 Å². The number of rotatable bonds is 6. The highest BCUT2D eigenvalue weighted by molar-refractivity contribution is 6.37. The molecule has 0 aliphatic carbocycles. The number of para-hydroxylation sites is 2. The lowest BCUT2D eigenvalue weighted by molar-refractivity contribution is 0.0734. The number of hydrogen-bond acceptors (Lipinski definition) is 4. The Balaban J connectivity index is 1.42. The van der Waals surface area contributed by atoms with Gasteiger partial charge in [-0.15, -0.1) is 0 Å². The van der Waals surface area contributed by atoms with Crippen molar-refractivity contribution in [3.63, 3.8) is 0 Å². The molecule has 5 aromatic rings. The summed E-state index contributed by atoms with van der Waals surface area (Å²) in [6, 6.07) is 28.2. The number of aromatic amines is 1. The topological polar surface area (TPSA) is 83.5 Å². The SMILES string of the molecule is O=C(Oc1ccccc1C=NNC(=O)c1[nH]c2c(Cl)cccc2c1-c1ccccc1Cl)c1ccccc1. The third-order valence-corrected chi connectivity index (χ3v) is 6.30. The quantitative estimate of drug-likeness (QED) is 0.107. The monoisotopic (exact) mass is 527 g/mol. The zero-order valence-corrected chi connectivity index (χ0v) is 20.8. The van der Waals surface area contributed by atoms with Crippen molar-refractivity contribution in [2.75, 3.05) is 0 Å². The summed E-state index contributed by atoms with van der Waals surface area (Å²) in [5.41, 5.74) is 5.66. The Morgan fingerprint density at radius 2 is 1.51 bits per heavy atom. The number of nitrogens with one attached hydrogen (secondary N) is 2. The summed E-state index contributed by atoms with van der Waals surface area (Å²) in [6.45, 7) is 0. The summed E-state index contributed by atoms with van der Waals surface area (Å²) in [5.74, 6) is -0.675. The fraction of sp³-hybridized carbons (Fsp3) is 0. The lowest BCUT2D eigenvalue weighted by Crippen LogP contribution is -2.19. The molecule has 37 heavy (non-hydrogen) atoms. The number of amides is 1. The Kier molecular flexibility index (Phi) is 7.03. The average Bonchev–Trinajstić information content (AvgIpc) is 3.31. The standard InChI is InChI=1S/C29H19Cl2N3O3/c30-22-14-6-5-12-20(22)25-21-13-8-15-23(31)26(21)33-27(25)28(35)34-32-17-19-11-4-7-16-24(19)37-29(36)18-9-2-1-3-10-18/h1-17,33H,(H,34,35). The number of aromatic nitrogens is 1. The fourth-order valence-corrected chi connectivity index (χ4v) is 4.38. The molecule has 0 aliphatic heterocycles. The van der Waals surface area contributed by atoms with Crippen LogP contribution in [0.25, 0.3) is 22.0 Å². The second-order valence-electron chi connectivity index (χ2n) is 8.01. The lowest BCUT2D eigenvalue weighted by Gasteiger charge is -2.08. The maximum absolute atomic E-state index is 13.2. The summed E-state index contributed by atoms with van der Waals surface area (Å²) >= 11 is 12.9. The number of nitrogens with zero attached hydrogens (tertiary/aromatic N) is 1. The number of ether oxygens (including phenoxy) is 1. The molecule has 1 amide bonds. The normalized spacial score (nSPS) is 11.1. The van der Waals surface area contributed by atoms with Crippen LogP contribution in [0, 0.1) is 0 Å². The molecule has 1 heterocycles. The van der Waals surface area contributed by atoms with Crippen LogP contribution in [-0.4, -0.2) is 23.1 Å². The van der Waals surface area contributed by atoms with Crippen LogP contribution in [0.1, 0.15) is 26.4 Å². The van der Waals surface area contributed by atoms with E-state index in [9.17, 15) is 9.59 Å². The summed E-state index contributed by atoms with van der Waals surface area (Å²) < 4.78 is 5.54. The second kappa shape index (κ2) is 10.7. The highest BCUT2D eigenvalue weighted by atomic mass is 35.5. The maximum Gasteiger partial charge on any atom is 0.343 e. The molecule has 0 aliphatic rings. The summed E-state index contributed by atoms with van der Waals surface area (Å²) in [4.78, 5) is 28.8. The van der Waals surface area contributed by atoms with E-state index in [2.05, 4.69) is 15.5 Å². The Hall–Kier alpha value is -4.39. The average molecular weight is 528 g/mol. The first kappa shape index (κ1) is 24.3. The van der Waals surface area contributed by atoms with E-state index in [1.807, 2.05) is 36.4 Å². The van der Waals surface area contributed by atoms with Crippen LogP contribution in [-0.2, 0) is 0 Å². The van der Waals surface area contributed by atoms with Crippen molar-refractivity contribution in [1.82, 2.24) is 10.4 Å². The molecule has 0 saturated carbocycles. The second-order valence-corrected chi connectivity index (χ2v) is 8.82. The molecule has 4 aromatic carbocycles. The number of H-pyrrole nitrogens is 1. The number of esters is 1. The molecule has 182 valence electrons. The molecule has 6 nitrogen and oxygen atoms in total. The van der Waals surface area contributed by atoms with E-state index in [0.29, 0.717) is 43.6 Å². The minimum atomic E-state index is -0.496. The summed E-state index contributed by atoms with van der Waals surface area (Å²) in [6.07, 6.45) is 1.41. The molecule has 0 spiro atoms. The molecule has 0 unspecified atom stereocenters. The van der Waals surface area contributed by atoms with Crippen LogP contribution in [0.3, 0.4) is 0 Å². The van der Waals surface area contributed by atoms with Crippen molar-refractivity contribution in [1.29, 1.82) is 0 Å². The third kappa shape index (κ3) is 5.11.